The number of carboxylic acids is 1. The predicted octanol–water partition coefficient (Wildman–Crippen LogP) is 2.80. The zero-order chi connectivity index (χ0) is 14.4. The summed E-state index contributed by atoms with van der Waals surface area (Å²) in [5, 5.41) is 12.2. The highest BCUT2D eigenvalue weighted by molar-refractivity contribution is 6.42. The Morgan fingerprint density at radius 3 is 2.58 bits per heavy atom. The molecule has 0 aliphatic rings. The van der Waals surface area contributed by atoms with Gasteiger partial charge in [0.1, 0.15) is 0 Å². The lowest BCUT2D eigenvalue weighted by molar-refractivity contribution is -0.137. The van der Waals surface area contributed by atoms with Gasteiger partial charge in [-0.25, -0.2) is 0 Å². The summed E-state index contributed by atoms with van der Waals surface area (Å²) in [6, 6.07) is 3.62. The van der Waals surface area contributed by atoms with E-state index < -0.39 is 12.0 Å². The van der Waals surface area contributed by atoms with Crippen LogP contribution in [0.15, 0.2) is 30.9 Å². The zero-order valence-electron chi connectivity index (χ0n) is 10.0. The fraction of sp³-hybridized carbons (Fsp3) is 0.231. The number of Topliss-reactive ketones (excluding diaryl/α,β-unsaturated/α-hetero) is 1. The average Bonchev–Trinajstić information content (AvgIpc) is 2.36. The van der Waals surface area contributed by atoms with Crippen LogP contribution in [-0.2, 0) is 4.79 Å². The Balaban J connectivity index is 2.93. The van der Waals surface area contributed by atoms with Crippen LogP contribution in [0.3, 0.4) is 0 Å². The third-order valence-electron chi connectivity index (χ3n) is 2.41. The molecule has 19 heavy (non-hydrogen) atoms. The molecule has 1 unspecified atom stereocenters. The van der Waals surface area contributed by atoms with Gasteiger partial charge >= 0.3 is 5.97 Å². The lowest BCUT2D eigenvalue weighted by Gasteiger charge is -2.15. The molecule has 1 rings (SSSR count). The third-order valence-corrected chi connectivity index (χ3v) is 3.15. The van der Waals surface area contributed by atoms with Crippen molar-refractivity contribution in [3.8, 4) is 0 Å². The summed E-state index contributed by atoms with van der Waals surface area (Å²) in [5.41, 5.74) is 0.317. The van der Waals surface area contributed by atoms with Crippen molar-refractivity contribution in [1.29, 1.82) is 0 Å². The molecule has 102 valence electrons. The molecule has 0 aliphatic carbocycles. The van der Waals surface area contributed by atoms with Gasteiger partial charge in [-0.1, -0.05) is 29.3 Å². The Labute approximate surface area is 121 Å². The van der Waals surface area contributed by atoms with Crippen LogP contribution in [0.1, 0.15) is 16.8 Å². The molecule has 1 atom stereocenters. The van der Waals surface area contributed by atoms with Gasteiger partial charge in [-0.15, -0.1) is 6.58 Å². The van der Waals surface area contributed by atoms with Crippen molar-refractivity contribution in [2.24, 2.45) is 0 Å². The van der Waals surface area contributed by atoms with E-state index in [0.29, 0.717) is 17.1 Å². The predicted molar refractivity (Wildman–Crippen MR) is 75.0 cm³/mol. The number of hydrogen-bond acceptors (Lipinski definition) is 3. The van der Waals surface area contributed by atoms with Gasteiger partial charge in [-0.05, 0) is 18.2 Å². The molecule has 0 heterocycles. The van der Waals surface area contributed by atoms with Gasteiger partial charge in [0.2, 0.25) is 0 Å². The van der Waals surface area contributed by atoms with E-state index in [4.69, 9.17) is 28.3 Å². The van der Waals surface area contributed by atoms with Crippen molar-refractivity contribution in [1.82, 2.24) is 5.32 Å². The van der Waals surface area contributed by atoms with E-state index in [1.807, 2.05) is 0 Å². The highest BCUT2D eigenvalue weighted by Crippen LogP contribution is 2.23. The molecule has 0 saturated heterocycles. The van der Waals surface area contributed by atoms with E-state index >= 15 is 0 Å². The van der Waals surface area contributed by atoms with Crippen LogP contribution >= 0.6 is 23.2 Å². The molecular weight excluding hydrogens is 289 g/mol. The number of carboxylic acid groups (broad SMARTS) is 1. The van der Waals surface area contributed by atoms with Crippen LogP contribution in [0.25, 0.3) is 0 Å². The SMILES string of the molecule is C=CCNC(CC(=O)O)C(=O)c1ccc(Cl)c(Cl)c1. The van der Waals surface area contributed by atoms with Crippen molar-refractivity contribution in [2.75, 3.05) is 6.54 Å². The molecular formula is C13H13Cl2NO3. The van der Waals surface area contributed by atoms with Crippen LogP contribution in [0, 0.1) is 0 Å². The van der Waals surface area contributed by atoms with Crippen LogP contribution in [-0.4, -0.2) is 29.4 Å². The number of carbonyl (C=O) groups is 2. The van der Waals surface area contributed by atoms with Crippen molar-refractivity contribution in [3.05, 3.63) is 46.5 Å². The van der Waals surface area contributed by atoms with E-state index in [1.165, 1.54) is 18.2 Å². The monoisotopic (exact) mass is 301 g/mol. The number of halogens is 2. The summed E-state index contributed by atoms with van der Waals surface area (Å²) in [4.78, 5) is 23.0. The number of ketones is 1. The minimum absolute atomic E-state index is 0.255. The largest absolute Gasteiger partial charge is 0.481 e. The molecule has 2 N–H and O–H groups in total. The van der Waals surface area contributed by atoms with Crippen molar-refractivity contribution < 1.29 is 14.7 Å². The lowest BCUT2D eigenvalue weighted by Crippen LogP contribution is -2.38. The number of rotatable bonds is 7. The first-order valence-electron chi connectivity index (χ1n) is 5.51. The summed E-state index contributed by atoms with van der Waals surface area (Å²) in [6.07, 6.45) is 1.24. The van der Waals surface area contributed by atoms with E-state index in [-0.39, 0.29) is 17.2 Å². The number of aliphatic carboxylic acids is 1. The molecule has 0 radical (unpaired) electrons. The summed E-state index contributed by atoms with van der Waals surface area (Å²) in [7, 11) is 0. The number of benzene rings is 1. The number of carbonyl (C=O) groups excluding carboxylic acids is 1. The quantitative estimate of drug-likeness (QED) is 0.600. The molecule has 4 nitrogen and oxygen atoms in total. The molecule has 0 spiro atoms. The van der Waals surface area contributed by atoms with Gasteiger partial charge < -0.3 is 10.4 Å². The molecule has 0 amide bonds. The van der Waals surface area contributed by atoms with Crippen molar-refractivity contribution in [3.63, 3.8) is 0 Å². The first kappa shape index (κ1) is 15.7. The lowest BCUT2D eigenvalue weighted by atomic mass is 10.0. The molecule has 1 aromatic carbocycles. The van der Waals surface area contributed by atoms with Gasteiger partial charge in [0.05, 0.1) is 22.5 Å². The highest BCUT2D eigenvalue weighted by atomic mass is 35.5. The van der Waals surface area contributed by atoms with E-state index in [0.717, 1.165) is 0 Å². The number of hydrogen-bond donors (Lipinski definition) is 2. The average molecular weight is 302 g/mol. The first-order chi connectivity index (χ1) is 8.95. The van der Waals surface area contributed by atoms with E-state index in [9.17, 15) is 9.59 Å². The first-order valence-corrected chi connectivity index (χ1v) is 6.26. The topological polar surface area (TPSA) is 66.4 Å². The second kappa shape index (κ2) is 7.28. The fourth-order valence-corrected chi connectivity index (χ4v) is 1.81. The smallest absolute Gasteiger partial charge is 0.305 e. The van der Waals surface area contributed by atoms with Crippen LogP contribution in [0.5, 0.6) is 0 Å². The Morgan fingerprint density at radius 1 is 1.37 bits per heavy atom. The second-order valence-electron chi connectivity index (χ2n) is 3.84. The Morgan fingerprint density at radius 2 is 2.05 bits per heavy atom. The maximum absolute atomic E-state index is 12.2. The minimum Gasteiger partial charge on any atom is -0.481 e. The number of nitrogens with one attached hydrogen (secondary N) is 1. The zero-order valence-corrected chi connectivity index (χ0v) is 11.5. The Bertz CT molecular complexity index is 503. The van der Waals surface area contributed by atoms with E-state index in [1.54, 1.807) is 6.08 Å². The third kappa shape index (κ3) is 4.67. The molecule has 0 aromatic heterocycles. The van der Waals surface area contributed by atoms with Crippen molar-refractivity contribution >= 4 is 35.0 Å². The maximum atomic E-state index is 12.2. The van der Waals surface area contributed by atoms with Gasteiger partial charge in [0.15, 0.2) is 5.78 Å². The molecule has 0 aliphatic heterocycles. The highest BCUT2D eigenvalue weighted by Gasteiger charge is 2.22. The summed E-state index contributed by atoms with van der Waals surface area (Å²) in [5.74, 6) is -1.40. The summed E-state index contributed by atoms with van der Waals surface area (Å²) < 4.78 is 0. The molecule has 0 saturated carbocycles. The minimum atomic E-state index is -1.06. The summed E-state index contributed by atoms with van der Waals surface area (Å²) in [6.45, 7) is 3.85. The molecule has 6 heteroatoms. The van der Waals surface area contributed by atoms with Gasteiger partial charge in [0, 0.05) is 12.1 Å². The van der Waals surface area contributed by atoms with Crippen LogP contribution < -0.4 is 5.32 Å². The van der Waals surface area contributed by atoms with Gasteiger partial charge in [0.25, 0.3) is 0 Å². The summed E-state index contributed by atoms with van der Waals surface area (Å²) >= 11 is 11.6. The van der Waals surface area contributed by atoms with Crippen LogP contribution in [0.4, 0.5) is 0 Å². The maximum Gasteiger partial charge on any atom is 0.305 e. The van der Waals surface area contributed by atoms with E-state index in [2.05, 4.69) is 11.9 Å². The molecule has 1 aromatic rings. The van der Waals surface area contributed by atoms with Crippen LogP contribution in [0.2, 0.25) is 10.0 Å². The van der Waals surface area contributed by atoms with Gasteiger partial charge in [-0.2, -0.15) is 0 Å². The standard InChI is InChI=1S/C13H13Cl2NO3/c1-2-5-16-11(7-12(17)18)13(19)8-3-4-9(14)10(15)6-8/h2-4,6,11,16H,1,5,7H2,(H,17,18). The second-order valence-corrected chi connectivity index (χ2v) is 4.65. The van der Waals surface area contributed by atoms with Crippen molar-refractivity contribution in [2.45, 2.75) is 12.5 Å². The Hall–Kier alpha value is -1.36. The molecule has 0 bridgehead atoms. The van der Waals surface area contributed by atoms with Gasteiger partial charge in [-0.3, -0.25) is 9.59 Å². The molecule has 0 fully saturated rings. The Kier molecular flexibility index (Phi) is 6.02. The normalized spacial score (nSPS) is 11.9. The fourth-order valence-electron chi connectivity index (χ4n) is 1.51.